The SMILES string of the molecule is CC/C=C\C/C=C\C/C=C\C/C=C\C/C=C\C/C=C\C/C=C\C/C=C\CCCCCCCCC(=O)OCC(COC(=O)CCCCCCCCC)OC(=O)CCCCCCCCCCC/C=C\C/C=C\C/C=C\C/C=C\C/C=C\CC. The summed E-state index contributed by atoms with van der Waals surface area (Å²) in [5.41, 5.74) is 0. The van der Waals surface area contributed by atoms with Crippen molar-refractivity contribution in [2.75, 3.05) is 13.2 Å². The fourth-order valence-corrected chi connectivity index (χ4v) is 8.66. The van der Waals surface area contributed by atoms with E-state index in [1.165, 1.54) is 77.0 Å². The van der Waals surface area contributed by atoms with Crippen LogP contribution in [0.15, 0.2) is 158 Å². The summed E-state index contributed by atoms with van der Waals surface area (Å²) in [7, 11) is 0. The minimum Gasteiger partial charge on any atom is -0.462 e. The maximum Gasteiger partial charge on any atom is 0.306 e. The molecule has 0 bridgehead atoms. The summed E-state index contributed by atoms with van der Waals surface area (Å²) < 4.78 is 16.8. The molecule has 0 aliphatic heterocycles. The van der Waals surface area contributed by atoms with Gasteiger partial charge in [0.05, 0.1) is 0 Å². The van der Waals surface area contributed by atoms with Crippen LogP contribution in [0.3, 0.4) is 0 Å². The Morgan fingerprint density at radius 2 is 0.481 bits per heavy atom. The first-order valence-corrected chi connectivity index (χ1v) is 33.0. The molecule has 0 amide bonds. The molecule has 0 aliphatic rings. The molecule has 0 aliphatic carbocycles. The van der Waals surface area contributed by atoms with Gasteiger partial charge in [0.25, 0.3) is 0 Å². The second-order valence-electron chi connectivity index (χ2n) is 21.3. The van der Waals surface area contributed by atoms with Crippen molar-refractivity contribution in [2.45, 2.75) is 284 Å². The van der Waals surface area contributed by atoms with Crippen LogP contribution in [0.1, 0.15) is 278 Å². The molecule has 0 heterocycles. The summed E-state index contributed by atoms with van der Waals surface area (Å²) in [4.78, 5) is 38.1. The van der Waals surface area contributed by atoms with E-state index in [-0.39, 0.29) is 31.1 Å². The van der Waals surface area contributed by atoms with Gasteiger partial charge < -0.3 is 14.2 Å². The van der Waals surface area contributed by atoms with Crippen molar-refractivity contribution < 1.29 is 28.6 Å². The zero-order valence-corrected chi connectivity index (χ0v) is 52.2. The highest BCUT2D eigenvalue weighted by molar-refractivity contribution is 5.71. The van der Waals surface area contributed by atoms with E-state index in [9.17, 15) is 14.4 Å². The van der Waals surface area contributed by atoms with E-state index in [1.54, 1.807) is 0 Å². The van der Waals surface area contributed by atoms with Gasteiger partial charge in [0, 0.05) is 19.3 Å². The topological polar surface area (TPSA) is 78.9 Å². The van der Waals surface area contributed by atoms with Crippen molar-refractivity contribution >= 4 is 17.9 Å². The molecule has 0 fully saturated rings. The van der Waals surface area contributed by atoms with Gasteiger partial charge in [-0.1, -0.05) is 288 Å². The van der Waals surface area contributed by atoms with Crippen LogP contribution in [-0.4, -0.2) is 37.2 Å². The van der Waals surface area contributed by atoms with Gasteiger partial charge in [-0.05, 0) is 128 Å². The molecule has 6 heteroatoms. The largest absolute Gasteiger partial charge is 0.462 e. The van der Waals surface area contributed by atoms with Crippen LogP contribution in [-0.2, 0) is 28.6 Å². The lowest BCUT2D eigenvalue weighted by Crippen LogP contribution is -2.30. The number of rotatable bonds is 58. The highest BCUT2D eigenvalue weighted by Gasteiger charge is 2.19. The number of carbonyl (C=O) groups is 3. The molecule has 0 aromatic heterocycles. The summed E-state index contributed by atoms with van der Waals surface area (Å²) in [6.45, 7) is 6.35. The van der Waals surface area contributed by atoms with Crippen LogP contribution in [0.25, 0.3) is 0 Å². The number of carbonyl (C=O) groups excluding carboxylic acids is 3. The second kappa shape index (κ2) is 67.5. The lowest BCUT2D eigenvalue weighted by atomic mass is 10.1. The molecular weight excluding hydrogens is 997 g/mol. The Morgan fingerprint density at radius 3 is 0.753 bits per heavy atom. The van der Waals surface area contributed by atoms with Crippen LogP contribution in [0, 0.1) is 0 Å². The van der Waals surface area contributed by atoms with Crippen molar-refractivity contribution in [3.63, 3.8) is 0 Å². The van der Waals surface area contributed by atoms with Crippen LogP contribution in [0.5, 0.6) is 0 Å². The van der Waals surface area contributed by atoms with E-state index in [2.05, 4.69) is 179 Å². The van der Waals surface area contributed by atoms with Gasteiger partial charge in [-0.15, -0.1) is 0 Å². The number of esters is 3. The molecule has 0 spiro atoms. The monoisotopic (exact) mass is 1120 g/mol. The third kappa shape index (κ3) is 65.7. The average Bonchev–Trinajstić information content (AvgIpc) is 3.46. The van der Waals surface area contributed by atoms with Crippen LogP contribution in [0.4, 0.5) is 0 Å². The Bertz CT molecular complexity index is 1810. The number of allylic oxidation sites excluding steroid dienone is 26. The standard InChI is InChI=1S/C75H120O6/c1-4-7-10-13-16-18-20-22-24-26-28-30-32-34-35-36-37-38-39-41-42-44-46-48-50-52-54-56-59-62-65-68-74(77)80-71-72(70-79-73(76)67-64-61-58-15-12-9-6-3)81-75(78)69-66-63-60-57-55-53-51-49-47-45-43-40-33-31-29-27-25-23-21-19-17-14-11-8-5-2/h7-8,10-11,16-19,22-25,28-31,34-35,37-38,40-43,46,48,72H,4-6,9,12-15,20-21,26-27,32-33,36,39,44-45,47,49-71H2,1-3H3/b10-7-,11-8-,18-16-,19-17-,24-22-,25-23-,30-28-,31-29-,35-34-,38-37-,42-41-,43-40-,48-46-. The Labute approximate surface area is 499 Å². The molecular formula is C75H120O6. The van der Waals surface area contributed by atoms with E-state index in [4.69, 9.17) is 14.2 Å². The van der Waals surface area contributed by atoms with Crippen LogP contribution in [0.2, 0.25) is 0 Å². The summed E-state index contributed by atoms with van der Waals surface area (Å²) in [6, 6.07) is 0. The maximum atomic E-state index is 12.9. The number of unbranched alkanes of at least 4 members (excludes halogenated alkanes) is 21. The first kappa shape index (κ1) is 76.0. The zero-order valence-electron chi connectivity index (χ0n) is 52.2. The third-order valence-corrected chi connectivity index (χ3v) is 13.5. The van der Waals surface area contributed by atoms with Crippen LogP contribution >= 0.6 is 0 Å². The first-order valence-electron chi connectivity index (χ1n) is 33.0. The first-order chi connectivity index (χ1) is 40.0. The Hall–Kier alpha value is -4.97. The quantitative estimate of drug-likeness (QED) is 0.0261. The molecule has 6 nitrogen and oxygen atoms in total. The van der Waals surface area contributed by atoms with Gasteiger partial charge in [-0.2, -0.15) is 0 Å². The minimum absolute atomic E-state index is 0.0897. The second-order valence-corrected chi connectivity index (χ2v) is 21.3. The van der Waals surface area contributed by atoms with Crippen molar-refractivity contribution in [2.24, 2.45) is 0 Å². The normalized spacial score (nSPS) is 13.2. The van der Waals surface area contributed by atoms with Crippen molar-refractivity contribution in [1.29, 1.82) is 0 Å². The van der Waals surface area contributed by atoms with Gasteiger partial charge in [0.15, 0.2) is 6.10 Å². The summed E-state index contributed by atoms with van der Waals surface area (Å²) in [5.74, 6) is -0.920. The van der Waals surface area contributed by atoms with Gasteiger partial charge >= 0.3 is 17.9 Å². The number of ether oxygens (including phenoxy) is 3. The van der Waals surface area contributed by atoms with E-state index in [0.717, 1.165) is 161 Å². The predicted octanol–water partition coefficient (Wildman–Crippen LogP) is 22.9. The average molecular weight is 1120 g/mol. The fourth-order valence-electron chi connectivity index (χ4n) is 8.66. The van der Waals surface area contributed by atoms with Crippen LogP contribution < -0.4 is 0 Å². The molecule has 1 atom stereocenters. The van der Waals surface area contributed by atoms with Crippen molar-refractivity contribution in [3.05, 3.63) is 158 Å². The summed E-state index contributed by atoms with van der Waals surface area (Å²) in [6.07, 6.45) is 98.4. The molecule has 0 aromatic rings. The van der Waals surface area contributed by atoms with Crippen molar-refractivity contribution in [1.82, 2.24) is 0 Å². The smallest absolute Gasteiger partial charge is 0.306 e. The lowest BCUT2D eigenvalue weighted by molar-refractivity contribution is -0.167. The number of hydrogen-bond acceptors (Lipinski definition) is 6. The minimum atomic E-state index is -0.793. The Kier molecular flexibility index (Phi) is 63.4. The highest BCUT2D eigenvalue weighted by Crippen LogP contribution is 2.15. The van der Waals surface area contributed by atoms with Gasteiger partial charge in [-0.3, -0.25) is 14.4 Å². The molecule has 456 valence electrons. The van der Waals surface area contributed by atoms with Gasteiger partial charge in [0.1, 0.15) is 13.2 Å². The van der Waals surface area contributed by atoms with Gasteiger partial charge in [-0.25, -0.2) is 0 Å². The van der Waals surface area contributed by atoms with Crippen molar-refractivity contribution in [3.8, 4) is 0 Å². The van der Waals surface area contributed by atoms with E-state index < -0.39 is 6.10 Å². The maximum absolute atomic E-state index is 12.9. The number of hydrogen-bond donors (Lipinski definition) is 0. The molecule has 0 saturated carbocycles. The lowest BCUT2D eigenvalue weighted by Gasteiger charge is -2.18. The van der Waals surface area contributed by atoms with E-state index >= 15 is 0 Å². The van der Waals surface area contributed by atoms with E-state index in [0.29, 0.717) is 19.3 Å². The molecule has 81 heavy (non-hydrogen) atoms. The fraction of sp³-hybridized carbons (Fsp3) is 0.613. The molecule has 0 saturated heterocycles. The third-order valence-electron chi connectivity index (χ3n) is 13.5. The Morgan fingerprint density at radius 1 is 0.259 bits per heavy atom. The predicted molar refractivity (Wildman–Crippen MR) is 352 cm³/mol. The van der Waals surface area contributed by atoms with Gasteiger partial charge in [0.2, 0.25) is 0 Å². The molecule has 0 N–H and O–H groups in total. The van der Waals surface area contributed by atoms with E-state index in [1.807, 2.05) is 0 Å². The summed E-state index contributed by atoms with van der Waals surface area (Å²) >= 11 is 0. The molecule has 0 rings (SSSR count). The summed E-state index contributed by atoms with van der Waals surface area (Å²) in [5, 5.41) is 0. The molecule has 1 unspecified atom stereocenters. The Balaban J connectivity index is 4.22. The molecule has 0 radical (unpaired) electrons. The zero-order chi connectivity index (χ0) is 58.5. The molecule has 0 aromatic carbocycles. The highest BCUT2D eigenvalue weighted by atomic mass is 16.6.